The van der Waals surface area contributed by atoms with Crippen LogP contribution in [0.2, 0.25) is 0 Å². The van der Waals surface area contributed by atoms with Gasteiger partial charge < -0.3 is 0 Å². The van der Waals surface area contributed by atoms with E-state index in [1.165, 1.54) is 21.5 Å². The van der Waals surface area contributed by atoms with E-state index in [-0.39, 0.29) is 10.8 Å². The number of allylic oxidation sites excluding steroid dienone is 1. The Morgan fingerprint density at radius 2 is 0.793 bits per heavy atom. The highest BCUT2D eigenvalue weighted by Crippen LogP contribution is 2.60. The van der Waals surface area contributed by atoms with E-state index in [9.17, 15) is 0 Å². The molecule has 0 atom stereocenters. The molecule has 0 aliphatic rings. The van der Waals surface area contributed by atoms with Crippen molar-refractivity contribution in [1.82, 2.24) is 0 Å². The van der Waals surface area contributed by atoms with Crippen LogP contribution in [-0.4, -0.2) is 0 Å². The molecule has 0 aliphatic carbocycles. The molecule has 0 fully saturated rings. The van der Waals surface area contributed by atoms with Gasteiger partial charge in [0.2, 0.25) is 0 Å². The molecular weight excluding hydrogens is 367 g/mol. The van der Waals surface area contributed by atoms with E-state index >= 15 is 0 Å². The predicted octanol–water partition coefficient (Wildman–Crippen LogP) is 6.96. The predicted molar refractivity (Wildman–Crippen MR) is 132 cm³/mol. The minimum Gasteiger partial charge on any atom is -0.0620 e. The summed E-state index contributed by atoms with van der Waals surface area (Å²) in [6.07, 6.45) is 0. The smallest absolute Gasteiger partial charge is 0.0620 e. The summed E-state index contributed by atoms with van der Waals surface area (Å²) in [5.41, 5.74) is 1.68. The van der Waals surface area contributed by atoms with Gasteiger partial charge in [-0.15, -0.1) is 0 Å². The molecule has 3 aromatic rings. The molecule has 0 aromatic heterocycles. The minimum absolute atomic E-state index is 0.0852. The van der Waals surface area contributed by atoms with Gasteiger partial charge in [0.15, 0.2) is 0 Å². The van der Waals surface area contributed by atoms with Crippen molar-refractivity contribution in [3.63, 3.8) is 0 Å². The molecule has 0 radical (unpaired) electrons. The van der Waals surface area contributed by atoms with Crippen LogP contribution in [0.3, 0.4) is 0 Å². The standard InChI is InChI=1S/C28H34P/c1-27(2,3)26(28(4,5)6)22-29(23-16-10-7-11-17-23,24-18-12-8-13-19-24)25-20-14-9-15-21-25/h7-22H,1-6H3/q+1. The highest BCUT2D eigenvalue weighted by Gasteiger charge is 2.46. The zero-order valence-electron chi connectivity index (χ0n) is 18.7. The molecule has 0 saturated heterocycles. The van der Waals surface area contributed by atoms with Gasteiger partial charge >= 0.3 is 0 Å². The molecule has 3 rings (SSSR count). The van der Waals surface area contributed by atoms with Crippen molar-refractivity contribution in [3.05, 3.63) is 102 Å². The molecule has 0 N–H and O–H groups in total. The Morgan fingerprint density at radius 3 is 1.03 bits per heavy atom. The maximum absolute atomic E-state index is 2.66. The summed E-state index contributed by atoms with van der Waals surface area (Å²) in [5, 5.41) is 4.22. The average Bonchev–Trinajstić information content (AvgIpc) is 2.69. The number of rotatable bonds is 4. The zero-order valence-corrected chi connectivity index (χ0v) is 19.6. The summed E-state index contributed by atoms with van der Waals surface area (Å²) < 4.78 is 0. The second kappa shape index (κ2) is 8.29. The van der Waals surface area contributed by atoms with Gasteiger partial charge in [0.05, 0.1) is 5.82 Å². The number of hydrogen-bond acceptors (Lipinski definition) is 0. The highest BCUT2D eigenvalue weighted by molar-refractivity contribution is 7.98. The molecule has 3 aromatic carbocycles. The van der Waals surface area contributed by atoms with E-state index < -0.39 is 7.26 Å². The highest BCUT2D eigenvalue weighted by atomic mass is 31.2. The summed E-state index contributed by atoms with van der Waals surface area (Å²) in [6.45, 7) is 14.1. The third kappa shape index (κ3) is 4.54. The van der Waals surface area contributed by atoms with Crippen molar-refractivity contribution in [3.8, 4) is 0 Å². The van der Waals surface area contributed by atoms with Gasteiger partial charge in [-0.2, -0.15) is 0 Å². The van der Waals surface area contributed by atoms with Gasteiger partial charge in [-0.1, -0.05) is 96.1 Å². The van der Waals surface area contributed by atoms with Crippen molar-refractivity contribution >= 4 is 23.2 Å². The summed E-state index contributed by atoms with van der Waals surface area (Å²) >= 11 is 0. The Morgan fingerprint density at radius 1 is 0.517 bits per heavy atom. The molecule has 0 amide bonds. The van der Waals surface area contributed by atoms with Crippen LogP contribution < -0.4 is 15.9 Å². The van der Waals surface area contributed by atoms with E-state index in [2.05, 4.69) is 138 Å². The Kier molecular flexibility index (Phi) is 6.16. The first-order valence-corrected chi connectivity index (χ1v) is 12.3. The van der Waals surface area contributed by atoms with Crippen LogP contribution in [0.25, 0.3) is 0 Å². The molecular formula is C28H34P+. The molecule has 29 heavy (non-hydrogen) atoms. The van der Waals surface area contributed by atoms with Crippen molar-refractivity contribution in [2.75, 3.05) is 0 Å². The summed E-state index contributed by atoms with van der Waals surface area (Å²) in [5.74, 6) is 2.66. The van der Waals surface area contributed by atoms with Crippen LogP contribution in [0.1, 0.15) is 41.5 Å². The lowest BCUT2D eigenvalue weighted by Crippen LogP contribution is -2.32. The Hall–Kier alpha value is -2.17. The number of benzene rings is 3. The lowest BCUT2D eigenvalue weighted by atomic mass is 9.73. The van der Waals surface area contributed by atoms with Gasteiger partial charge in [0.25, 0.3) is 0 Å². The first-order chi connectivity index (χ1) is 13.7. The second-order valence-electron chi connectivity index (χ2n) is 9.77. The summed E-state index contributed by atoms with van der Waals surface area (Å²) in [4.78, 5) is 0. The van der Waals surface area contributed by atoms with Crippen LogP contribution in [0.4, 0.5) is 0 Å². The minimum atomic E-state index is -1.96. The molecule has 1 heteroatoms. The Bertz CT molecular complexity index is 827. The second-order valence-corrected chi connectivity index (χ2v) is 13.0. The Labute approximate surface area is 178 Å². The van der Waals surface area contributed by atoms with Gasteiger partial charge in [0, 0.05) is 0 Å². The average molecular weight is 402 g/mol. The lowest BCUT2D eigenvalue weighted by molar-refractivity contribution is 0.363. The normalized spacial score (nSPS) is 12.5. The van der Waals surface area contributed by atoms with Gasteiger partial charge in [-0.25, -0.2) is 0 Å². The molecule has 0 bridgehead atoms. The van der Waals surface area contributed by atoms with Gasteiger partial charge in [0.1, 0.15) is 23.2 Å². The maximum atomic E-state index is 2.66. The summed E-state index contributed by atoms with van der Waals surface area (Å²) in [6, 6.07) is 33.3. The third-order valence-corrected chi connectivity index (χ3v) is 9.41. The van der Waals surface area contributed by atoms with E-state index in [0.29, 0.717) is 0 Å². The van der Waals surface area contributed by atoms with Crippen LogP contribution >= 0.6 is 7.26 Å². The monoisotopic (exact) mass is 401 g/mol. The third-order valence-electron chi connectivity index (χ3n) is 5.43. The van der Waals surface area contributed by atoms with Gasteiger partial charge in [-0.05, 0) is 52.8 Å². The van der Waals surface area contributed by atoms with Crippen LogP contribution in [0.5, 0.6) is 0 Å². The van der Waals surface area contributed by atoms with E-state index in [0.717, 1.165) is 0 Å². The van der Waals surface area contributed by atoms with Crippen LogP contribution in [0.15, 0.2) is 102 Å². The van der Waals surface area contributed by atoms with E-state index in [4.69, 9.17) is 0 Å². The topological polar surface area (TPSA) is 0 Å². The first-order valence-electron chi connectivity index (χ1n) is 10.4. The van der Waals surface area contributed by atoms with Crippen molar-refractivity contribution in [1.29, 1.82) is 0 Å². The SMILES string of the molecule is CC(C)(C)C(=C[P+](c1ccccc1)(c1ccccc1)c1ccccc1)C(C)(C)C. The fourth-order valence-electron chi connectivity index (χ4n) is 4.37. The zero-order chi connectivity index (χ0) is 21.1. The lowest BCUT2D eigenvalue weighted by Gasteiger charge is -2.36. The van der Waals surface area contributed by atoms with E-state index in [1.807, 2.05) is 0 Å². The van der Waals surface area contributed by atoms with Gasteiger partial charge in [-0.3, -0.25) is 0 Å². The molecule has 0 saturated carbocycles. The van der Waals surface area contributed by atoms with E-state index in [1.54, 1.807) is 0 Å². The Balaban J connectivity index is 2.48. The molecule has 0 heterocycles. The van der Waals surface area contributed by atoms with Crippen molar-refractivity contribution < 1.29 is 0 Å². The fraction of sp³-hybridized carbons (Fsp3) is 0.286. The van der Waals surface area contributed by atoms with Crippen molar-refractivity contribution in [2.24, 2.45) is 10.8 Å². The maximum Gasteiger partial charge on any atom is 0.136 e. The molecule has 0 nitrogen and oxygen atoms in total. The molecule has 150 valence electrons. The fourth-order valence-corrected chi connectivity index (χ4v) is 8.80. The summed E-state index contributed by atoms with van der Waals surface area (Å²) in [7, 11) is -1.96. The van der Waals surface area contributed by atoms with Crippen molar-refractivity contribution in [2.45, 2.75) is 41.5 Å². The first kappa shape index (κ1) is 21.5. The number of hydrogen-bond donors (Lipinski definition) is 0. The molecule has 0 spiro atoms. The van der Waals surface area contributed by atoms with Crippen LogP contribution in [0, 0.1) is 10.8 Å². The largest absolute Gasteiger partial charge is 0.136 e. The van der Waals surface area contributed by atoms with Crippen LogP contribution in [-0.2, 0) is 0 Å². The molecule has 0 unspecified atom stereocenters. The molecule has 0 aliphatic heterocycles. The quantitative estimate of drug-likeness (QED) is 0.415.